The summed E-state index contributed by atoms with van der Waals surface area (Å²) in [5.74, 6) is -1.21. The number of carbonyl (C=O) groups excluding carboxylic acids is 1. The van der Waals surface area contributed by atoms with Crippen LogP contribution in [0.3, 0.4) is 0 Å². The first-order valence-electron chi connectivity index (χ1n) is 4.78. The van der Waals surface area contributed by atoms with E-state index < -0.39 is 12.0 Å². The number of amides is 1. The maximum Gasteiger partial charge on any atom is 0.305 e. The van der Waals surface area contributed by atoms with E-state index in [1.807, 2.05) is 6.07 Å². The summed E-state index contributed by atoms with van der Waals surface area (Å²) in [6, 6.07) is 6.60. The maximum atomic E-state index is 11.7. The number of rotatable bonds is 4. The fourth-order valence-corrected chi connectivity index (χ4v) is 1.72. The summed E-state index contributed by atoms with van der Waals surface area (Å²) in [5.41, 5.74) is 0.500. The highest BCUT2D eigenvalue weighted by Gasteiger charge is 2.14. The van der Waals surface area contributed by atoms with Crippen molar-refractivity contribution in [2.24, 2.45) is 0 Å². The number of carboxylic acid groups (broad SMARTS) is 1. The third-order valence-electron chi connectivity index (χ3n) is 1.98. The molecule has 2 N–H and O–H groups in total. The molecule has 0 saturated carbocycles. The average Bonchev–Trinajstić information content (AvgIpc) is 2.16. The Kier molecular flexibility index (Phi) is 4.49. The quantitative estimate of drug-likeness (QED) is 0.890. The Morgan fingerprint density at radius 2 is 2.06 bits per heavy atom. The molecule has 16 heavy (non-hydrogen) atoms. The Labute approximate surface area is 102 Å². The normalized spacial score (nSPS) is 11.9. The van der Waals surface area contributed by atoms with Crippen molar-refractivity contribution >= 4 is 27.8 Å². The predicted octanol–water partition coefficient (Wildman–Crippen LogP) is 2.04. The van der Waals surface area contributed by atoms with Crippen molar-refractivity contribution in [1.29, 1.82) is 0 Å². The molecular weight excluding hydrogens is 274 g/mol. The molecule has 0 heterocycles. The van der Waals surface area contributed by atoms with Crippen LogP contribution in [-0.2, 0) is 4.79 Å². The van der Waals surface area contributed by atoms with Gasteiger partial charge in [0.2, 0.25) is 0 Å². The van der Waals surface area contributed by atoms with Crippen LogP contribution < -0.4 is 5.32 Å². The fraction of sp³-hybridized carbons (Fsp3) is 0.273. The zero-order valence-electron chi connectivity index (χ0n) is 8.74. The van der Waals surface area contributed by atoms with Crippen molar-refractivity contribution in [2.45, 2.75) is 19.4 Å². The van der Waals surface area contributed by atoms with Crippen LogP contribution in [0, 0.1) is 0 Å². The molecular formula is C11H12BrNO3. The third-order valence-corrected chi connectivity index (χ3v) is 2.67. The van der Waals surface area contributed by atoms with Gasteiger partial charge in [0.15, 0.2) is 0 Å². The monoisotopic (exact) mass is 285 g/mol. The molecule has 1 rings (SSSR count). The minimum Gasteiger partial charge on any atom is -0.481 e. The molecule has 1 aromatic rings. The van der Waals surface area contributed by atoms with Gasteiger partial charge < -0.3 is 10.4 Å². The second-order valence-corrected chi connectivity index (χ2v) is 4.31. The van der Waals surface area contributed by atoms with Gasteiger partial charge in [-0.3, -0.25) is 9.59 Å². The molecule has 0 aliphatic carbocycles. The lowest BCUT2D eigenvalue weighted by molar-refractivity contribution is -0.137. The molecule has 1 atom stereocenters. The number of carboxylic acids is 1. The number of nitrogens with one attached hydrogen (secondary N) is 1. The van der Waals surface area contributed by atoms with Gasteiger partial charge in [0.05, 0.1) is 12.0 Å². The van der Waals surface area contributed by atoms with Gasteiger partial charge in [-0.25, -0.2) is 0 Å². The molecule has 0 saturated heterocycles. The lowest BCUT2D eigenvalue weighted by Crippen LogP contribution is -2.34. The predicted molar refractivity (Wildman–Crippen MR) is 63.3 cm³/mol. The number of hydrogen-bond acceptors (Lipinski definition) is 2. The first kappa shape index (κ1) is 12.7. The van der Waals surface area contributed by atoms with E-state index in [1.165, 1.54) is 0 Å². The number of benzene rings is 1. The van der Waals surface area contributed by atoms with Crippen molar-refractivity contribution < 1.29 is 14.7 Å². The molecule has 0 bridgehead atoms. The molecule has 0 aliphatic heterocycles. The van der Waals surface area contributed by atoms with Crippen LogP contribution in [0.2, 0.25) is 0 Å². The Hall–Kier alpha value is -1.36. The minimum absolute atomic E-state index is 0.0871. The number of hydrogen-bond donors (Lipinski definition) is 2. The van der Waals surface area contributed by atoms with Crippen LogP contribution in [0.15, 0.2) is 28.7 Å². The molecule has 0 spiro atoms. The van der Waals surface area contributed by atoms with E-state index in [1.54, 1.807) is 25.1 Å². The van der Waals surface area contributed by atoms with Crippen LogP contribution in [0.25, 0.3) is 0 Å². The molecule has 0 radical (unpaired) electrons. The smallest absolute Gasteiger partial charge is 0.305 e. The van der Waals surface area contributed by atoms with Crippen molar-refractivity contribution in [3.63, 3.8) is 0 Å². The van der Waals surface area contributed by atoms with Crippen molar-refractivity contribution in [2.75, 3.05) is 0 Å². The maximum absolute atomic E-state index is 11.7. The standard InChI is InChI=1S/C11H12BrNO3/c1-7(6-10(14)15)13-11(16)8-4-2-3-5-9(8)12/h2-5,7H,6H2,1H3,(H,13,16)(H,14,15). The summed E-state index contributed by atoms with van der Waals surface area (Å²) in [4.78, 5) is 22.2. The van der Waals surface area contributed by atoms with Gasteiger partial charge in [0.1, 0.15) is 0 Å². The van der Waals surface area contributed by atoms with E-state index in [-0.39, 0.29) is 12.3 Å². The summed E-state index contributed by atoms with van der Waals surface area (Å²) in [6.45, 7) is 1.66. The molecule has 5 heteroatoms. The van der Waals surface area contributed by atoms with Gasteiger partial charge in [0, 0.05) is 10.5 Å². The first-order valence-corrected chi connectivity index (χ1v) is 5.57. The summed E-state index contributed by atoms with van der Waals surface area (Å²) in [6.07, 6.45) is -0.0871. The van der Waals surface area contributed by atoms with Crippen LogP contribution in [-0.4, -0.2) is 23.0 Å². The molecule has 1 aromatic carbocycles. The summed E-state index contributed by atoms with van der Waals surface area (Å²) >= 11 is 3.26. The summed E-state index contributed by atoms with van der Waals surface area (Å²) in [5, 5.41) is 11.2. The van der Waals surface area contributed by atoms with Gasteiger partial charge >= 0.3 is 5.97 Å². The Morgan fingerprint density at radius 3 is 2.62 bits per heavy atom. The van der Waals surface area contributed by atoms with E-state index in [9.17, 15) is 9.59 Å². The van der Waals surface area contributed by atoms with Crippen molar-refractivity contribution in [1.82, 2.24) is 5.32 Å². The lowest BCUT2D eigenvalue weighted by atomic mass is 10.2. The van der Waals surface area contributed by atoms with E-state index in [4.69, 9.17) is 5.11 Å². The SMILES string of the molecule is CC(CC(=O)O)NC(=O)c1ccccc1Br. The van der Waals surface area contributed by atoms with Gasteiger partial charge in [-0.05, 0) is 35.0 Å². The van der Waals surface area contributed by atoms with E-state index in [0.717, 1.165) is 0 Å². The average molecular weight is 286 g/mol. The number of carbonyl (C=O) groups is 2. The Morgan fingerprint density at radius 1 is 1.44 bits per heavy atom. The lowest BCUT2D eigenvalue weighted by Gasteiger charge is -2.12. The highest BCUT2D eigenvalue weighted by Crippen LogP contribution is 2.15. The largest absolute Gasteiger partial charge is 0.481 e. The van der Waals surface area contributed by atoms with E-state index >= 15 is 0 Å². The minimum atomic E-state index is -0.931. The van der Waals surface area contributed by atoms with Crippen LogP contribution in [0.5, 0.6) is 0 Å². The summed E-state index contributed by atoms with van der Waals surface area (Å²) in [7, 11) is 0. The van der Waals surface area contributed by atoms with Crippen molar-refractivity contribution in [3.05, 3.63) is 34.3 Å². The van der Waals surface area contributed by atoms with E-state index in [2.05, 4.69) is 21.2 Å². The van der Waals surface area contributed by atoms with Gasteiger partial charge in [-0.15, -0.1) is 0 Å². The second kappa shape index (κ2) is 5.65. The summed E-state index contributed by atoms with van der Waals surface area (Å²) < 4.78 is 0.690. The van der Waals surface area contributed by atoms with Gasteiger partial charge in [-0.2, -0.15) is 0 Å². The third kappa shape index (κ3) is 3.66. The molecule has 0 fully saturated rings. The van der Waals surface area contributed by atoms with Gasteiger partial charge in [-0.1, -0.05) is 12.1 Å². The van der Waals surface area contributed by atoms with Gasteiger partial charge in [0.25, 0.3) is 5.91 Å². The van der Waals surface area contributed by atoms with Crippen molar-refractivity contribution in [3.8, 4) is 0 Å². The zero-order chi connectivity index (χ0) is 12.1. The number of aliphatic carboxylic acids is 1. The Balaban J connectivity index is 2.66. The first-order chi connectivity index (χ1) is 7.50. The molecule has 86 valence electrons. The number of halogens is 1. The highest BCUT2D eigenvalue weighted by atomic mass is 79.9. The van der Waals surface area contributed by atoms with E-state index in [0.29, 0.717) is 10.0 Å². The fourth-order valence-electron chi connectivity index (χ4n) is 1.26. The topological polar surface area (TPSA) is 66.4 Å². The second-order valence-electron chi connectivity index (χ2n) is 3.45. The van der Waals surface area contributed by atoms with Crippen LogP contribution in [0.4, 0.5) is 0 Å². The molecule has 0 aromatic heterocycles. The highest BCUT2D eigenvalue weighted by molar-refractivity contribution is 9.10. The molecule has 1 amide bonds. The molecule has 4 nitrogen and oxygen atoms in total. The van der Waals surface area contributed by atoms with Crippen LogP contribution in [0.1, 0.15) is 23.7 Å². The molecule has 1 unspecified atom stereocenters. The molecule has 0 aliphatic rings. The zero-order valence-corrected chi connectivity index (χ0v) is 10.3. The Bertz CT molecular complexity index is 406. The van der Waals surface area contributed by atoms with Crippen LogP contribution >= 0.6 is 15.9 Å².